The highest BCUT2D eigenvalue weighted by Gasteiger charge is 2.31. The molecule has 6 heteroatoms. The molecule has 3 aromatic rings. The maximum atomic E-state index is 4.87. The van der Waals surface area contributed by atoms with Gasteiger partial charge in [0.15, 0.2) is 5.82 Å². The van der Waals surface area contributed by atoms with E-state index in [1.807, 2.05) is 30.6 Å². The number of benzene rings is 1. The second-order valence-electron chi connectivity index (χ2n) is 7.21. The monoisotopic (exact) mass is 334 g/mol. The molecule has 6 nitrogen and oxygen atoms in total. The minimum atomic E-state index is 0.507. The van der Waals surface area contributed by atoms with Gasteiger partial charge >= 0.3 is 0 Å². The summed E-state index contributed by atoms with van der Waals surface area (Å²) in [6.07, 6.45) is 6.66. The third-order valence-electron chi connectivity index (χ3n) is 5.42. The molecule has 2 aromatic heterocycles. The van der Waals surface area contributed by atoms with E-state index in [9.17, 15) is 0 Å². The molecule has 0 N–H and O–H groups in total. The maximum Gasteiger partial charge on any atom is 0.150 e. The molecule has 128 valence electrons. The Morgan fingerprint density at radius 1 is 0.960 bits per heavy atom. The Labute approximate surface area is 146 Å². The zero-order valence-corrected chi connectivity index (χ0v) is 14.5. The molecule has 1 aliphatic heterocycles. The van der Waals surface area contributed by atoms with Gasteiger partial charge in [-0.05, 0) is 44.7 Å². The molecule has 1 aliphatic carbocycles. The molecular weight excluding hydrogens is 312 g/mol. The number of hydrogen-bond donors (Lipinski definition) is 0. The van der Waals surface area contributed by atoms with Gasteiger partial charge in [-0.15, -0.1) is 10.2 Å². The van der Waals surface area contributed by atoms with Crippen LogP contribution in [0.5, 0.6) is 0 Å². The Kier molecular flexibility index (Phi) is 3.43. The number of piperidine rings is 1. The molecule has 0 unspecified atom stereocenters. The third-order valence-corrected chi connectivity index (χ3v) is 5.42. The van der Waals surface area contributed by atoms with Gasteiger partial charge in [0.25, 0.3) is 0 Å². The van der Waals surface area contributed by atoms with Crippen molar-refractivity contribution in [2.24, 2.45) is 0 Å². The molecule has 1 saturated heterocycles. The SMILES string of the molecule is Cc1nc2ccccc2nc1N1CCC(c2nncn2C2CC2)CC1. The third kappa shape index (κ3) is 2.65. The topological polar surface area (TPSA) is 59.7 Å². The van der Waals surface area contributed by atoms with E-state index in [2.05, 4.69) is 26.6 Å². The number of fused-ring (bicyclic) bond motifs is 1. The quantitative estimate of drug-likeness (QED) is 0.736. The molecule has 1 aromatic carbocycles. The first-order chi connectivity index (χ1) is 12.3. The summed E-state index contributed by atoms with van der Waals surface area (Å²) in [4.78, 5) is 12.0. The lowest BCUT2D eigenvalue weighted by Crippen LogP contribution is -2.35. The first kappa shape index (κ1) is 14.8. The molecule has 5 rings (SSSR count). The van der Waals surface area contributed by atoms with Crippen LogP contribution in [0.3, 0.4) is 0 Å². The van der Waals surface area contributed by atoms with Crippen molar-refractivity contribution >= 4 is 16.9 Å². The Balaban J connectivity index is 1.36. The number of para-hydroxylation sites is 2. The van der Waals surface area contributed by atoms with E-state index >= 15 is 0 Å². The van der Waals surface area contributed by atoms with Crippen molar-refractivity contribution in [1.82, 2.24) is 24.7 Å². The highest BCUT2D eigenvalue weighted by Crippen LogP contribution is 2.38. The lowest BCUT2D eigenvalue weighted by atomic mass is 9.95. The van der Waals surface area contributed by atoms with E-state index < -0.39 is 0 Å². The van der Waals surface area contributed by atoms with Crippen molar-refractivity contribution in [2.45, 2.75) is 44.6 Å². The molecular formula is C19H22N6. The minimum Gasteiger partial charge on any atom is -0.355 e. The minimum absolute atomic E-state index is 0.507. The van der Waals surface area contributed by atoms with Gasteiger partial charge in [0.1, 0.15) is 12.2 Å². The zero-order chi connectivity index (χ0) is 16.8. The van der Waals surface area contributed by atoms with Crippen molar-refractivity contribution in [3.63, 3.8) is 0 Å². The lowest BCUT2D eigenvalue weighted by Gasteiger charge is -2.33. The number of aromatic nitrogens is 5. The van der Waals surface area contributed by atoms with Crippen molar-refractivity contribution in [3.05, 3.63) is 42.1 Å². The second-order valence-corrected chi connectivity index (χ2v) is 7.21. The normalized spacial score (nSPS) is 18.8. The average molecular weight is 334 g/mol. The number of rotatable bonds is 3. The fourth-order valence-corrected chi connectivity index (χ4v) is 3.91. The largest absolute Gasteiger partial charge is 0.355 e. The van der Waals surface area contributed by atoms with Crippen LogP contribution >= 0.6 is 0 Å². The summed E-state index contributed by atoms with van der Waals surface area (Å²) in [7, 11) is 0. The summed E-state index contributed by atoms with van der Waals surface area (Å²) in [5.41, 5.74) is 2.95. The Bertz CT molecular complexity index is 905. The van der Waals surface area contributed by atoms with Crippen LogP contribution in [0, 0.1) is 6.92 Å². The molecule has 2 aliphatic rings. The summed E-state index contributed by atoms with van der Waals surface area (Å²) in [6.45, 7) is 4.05. The van der Waals surface area contributed by atoms with Crippen LogP contribution in [0.2, 0.25) is 0 Å². The van der Waals surface area contributed by atoms with Crippen LogP contribution in [0.4, 0.5) is 5.82 Å². The Hall–Kier alpha value is -2.50. The van der Waals surface area contributed by atoms with Gasteiger partial charge < -0.3 is 9.47 Å². The molecule has 1 saturated carbocycles. The maximum absolute atomic E-state index is 4.87. The highest BCUT2D eigenvalue weighted by molar-refractivity contribution is 5.76. The van der Waals surface area contributed by atoms with Crippen molar-refractivity contribution < 1.29 is 0 Å². The molecule has 25 heavy (non-hydrogen) atoms. The average Bonchev–Trinajstić information content (AvgIpc) is 3.38. The Morgan fingerprint density at radius 2 is 1.68 bits per heavy atom. The summed E-state index contributed by atoms with van der Waals surface area (Å²) in [5, 5.41) is 8.58. The number of aryl methyl sites for hydroxylation is 1. The van der Waals surface area contributed by atoms with Gasteiger partial charge in [0.2, 0.25) is 0 Å². The van der Waals surface area contributed by atoms with Gasteiger partial charge in [-0.1, -0.05) is 12.1 Å². The molecule has 0 radical (unpaired) electrons. The van der Waals surface area contributed by atoms with E-state index in [0.717, 1.165) is 48.5 Å². The van der Waals surface area contributed by atoms with E-state index in [1.54, 1.807) is 0 Å². The number of hydrogen-bond acceptors (Lipinski definition) is 5. The van der Waals surface area contributed by atoms with Gasteiger partial charge in [0, 0.05) is 25.0 Å². The van der Waals surface area contributed by atoms with E-state index in [4.69, 9.17) is 9.97 Å². The summed E-state index contributed by atoms with van der Waals surface area (Å²) < 4.78 is 2.31. The molecule has 2 fully saturated rings. The van der Waals surface area contributed by atoms with Crippen LogP contribution in [-0.4, -0.2) is 37.8 Å². The molecule has 0 atom stereocenters. The summed E-state index contributed by atoms with van der Waals surface area (Å²) in [6, 6.07) is 8.74. The van der Waals surface area contributed by atoms with Crippen molar-refractivity contribution in [2.75, 3.05) is 18.0 Å². The van der Waals surface area contributed by atoms with Gasteiger partial charge in [-0.25, -0.2) is 9.97 Å². The standard InChI is InChI=1S/C19H22N6/c1-13-18(22-17-5-3-2-4-16(17)21-13)24-10-8-14(9-11-24)19-23-20-12-25(19)15-6-7-15/h2-5,12,14-15H,6-11H2,1H3. The van der Waals surface area contributed by atoms with Gasteiger partial charge in [-0.3, -0.25) is 0 Å². The van der Waals surface area contributed by atoms with Crippen LogP contribution in [0.25, 0.3) is 11.0 Å². The molecule has 0 bridgehead atoms. The smallest absolute Gasteiger partial charge is 0.150 e. The Morgan fingerprint density at radius 3 is 2.40 bits per heavy atom. The van der Waals surface area contributed by atoms with E-state index in [1.165, 1.54) is 18.7 Å². The highest BCUT2D eigenvalue weighted by atomic mass is 15.3. The predicted molar refractivity (Wildman–Crippen MR) is 96.8 cm³/mol. The summed E-state index contributed by atoms with van der Waals surface area (Å²) >= 11 is 0. The van der Waals surface area contributed by atoms with Crippen molar-refractivity contribution in [1.29, 1.82) is 0 Å². The lowest BCUT2D eigenvalue weighted by molar-refractivity contribution is 0.463. The second kappa shape index (κ2) is 5.79. The van der Waals surface area contributed by atoms with Crippen LogP contribution in [0.15, 0.2) is 30.6 Å². The van der Waals surface area contributed by atoms with E-state index in [-0.39, 0.29) is 0 Å². The predicted octanol–water partition coefficient (Wildman–Crippen LogP) is 3.25. The van der Waals surface area contributed by atoms with Gasteiger partial charge in [-0.2, -0.15) is 0 Å². The fraction of sp³-hybridized carbons (Fsp3) is 0.474. The van der Waals surface area contributed by atoms with Crippen LogP contribution in [-0.2, 0) is 0 Å². The first-order valence-electron chi connectivity index (χ1n) is 9.17. The molecule has 3 heterocycles. The summed E-state index contributed by atoms with van der Waals surface area (Å²) in [5.74, 6) is 2.72. The van der Waals surface area contributed by atoms with Crippen LogP contribution < -0.4 is 4.90 Å². The molecule has 0 amide bonds. The number of anilines is 1. The molecule has 0 spiro atoms. The van der Waals surface area contributed by atoms with Crippen LogP contribution in [0.1, 0.15) is 49.2 Å². The first-order valence-corrected chi connectivity index (χ1v) is 9.17. The number of nitrogens with zero attached hydrogens (tertiary/aromatic N) is 6. The van der Waals surface area contributed by atoms with E-state index in [0.29, 0.717) is 12.0 Å². The zero-order valence-electron chi connectivity index (χ0n) is 14.5. The van der Waals surface area contributed by atoms with Gasteiger partial charge in [0.05, 0.1) is 16.7 Å². The van der Waals surface area contributed by atoms with Crippen molar-refractivity contribution in [3.8, 4) is 0 Å². The fourth-order valence-electron chi connectivity index (χ4n) is 3.91.